The SMILES string of the molecule is CS(=O)(=O)Nc1cc(C(=O)O)c(OC2CC2)cn1. The van der Waals surface area contributed by atoms with Gasteiger partial charge in [0, 0.05) is 0 Å². The molecular formula is C10H12N2O5S. The minimum Gasteiger partial charge on any atom is -0.488 e. The molecule has 0 aromatic carbocycles. The summed E-state index contributed by atoms with van der Waals surface area (Å²) >= 11 is 0. The topological polar surface area (TPSA) is 106 Å². The van der Waals surface area contributed by atoms with Crippen molar-refractivity contribution in [2.45, 2.75) is 18.9 Å². The maximum atomic E-state index is 11.1. The van der Waals surface area contributed by atoms with Crippen LogP contribution in [-0.2, 0) is 10.0 Å². The Morgan fingerprint density at radius 2 is 2.22 bits per heavy atom. The van der Waals surface area contributed by atoms with Crippen molar-refractivity contribution in [2.75, 3.05) is 11.0 Å². The van der Waals surface area contributed by atoms with E-state index < -0.39 is 16.0 Å². The number of carboxylic acid groups (broad SMARTS) is 1. The zero-order valence-electron chi connectivity index (χ0n) is 9.58. The number of aromatic carboxylic acids is 1. The van der Waals surface area contributed by atoms with E-state index in [1.165, 1.54) is 6.20 Å². The molecule has 98 valence electrons. The first kappa shape index (κ1) is 12.6. The largest absolute Gasteiger partial charge is 0.488 e. The summed E-state index contributed by atoms with van der Waals surface area (Å²) in [7, 11) is -3.49. The lowest BCUT2D eigenvalue weighted by Gasteiger charge is -2.09. The van der Waals surface area contributed by atoms with Gasteiger partial charge >= 0.3 is 5.97 Å². The third kappa shape index (κ3) is 3.33. The number of carbonyl (C=O) groups is 1. The number of hydrogen-bond acceptors (Lipinski definition) is 5. The lowest BCUT2D eigenvalue weighted by Crippen LogP contribution is -2.12. The smallest absolute Gasteiger partial charge is 0.339 e. The summed E-state index contributed by atoms with van der Waals surface area (Å²) in [6.45, 7) is 0. The van der Waals surface area contributed by atoms with Crippen LogP contribution >= 0.6 is 0 Å². The summed E-state index contributed by atoms with van der Waals surface area (Å²) in [5, 5.41) is 9.04. The standard InChI is InChI=1S/C10H12N2O5S/c1-18(15,16)12-9-4-7(10(13)14)8(5-11-9)17-6-2-3-6/h4-6H,2-3H2,1H3,(H,11,12)(H,13,14). The van der Waals surface area contributed by atoms with Gasteiger partial charge < -0.3 is 9.84 Å². The van der Waals surface area contributed by atoms with E-state index in [0.29, 0.717) is 0 Å². The van der Waals surface area contributed by atoms with Crippen LogP contribution in [0.15, 0.2) is 12.3 Å². The predicted octanol–water partition coefficient (Wildman–Crippen LogP) is 0.692. The Kier molecular flexibility index (Phi) is 3.12. The van der Waals surface area contributed by atoms with E-state index in [9.17, 15) is 13.2 Å². The number of hydrogen-bond donors (Lipinski definition) is 2. The third-order valence-electron chi connectivity index (χ3n) is 2.21. The Balaban J connectivity index is 2.30. The summed E-state index contributed by atoms with van der Waals surface area (Å²) < 4.78 is 29.5. The molecule has 0 saturated heterocycles. The first-order valence-electron chi connectivity index (χ1n) is 5.23. The number of anilines is 1. The van der Waals surface area contributed by atoms with E-state index in [1.54, 1.807) is 0 Å². The van der Waals surface area contributed by atoms with Crippen molar-refractivity contribution in [1.82, 2.24) is 4.98 Å². The number of carboxylic acids is 1. The van der Waals surface area contributed by atoms with E-state index in [4.69, 9.17) is 9.84 Å². The van der Waals surface area contributed by atoms with E-state index in [0.717, 1.165) is 25.2 Å². The highest BCUT2D eigenvalue weighted by atomic mass is 32.2. The molecule has 1 aliphatic carbocycles. The third-order valence-corrected chi connectivity index (χ3v) is 2.79. The lowest BCUT2D eigenvalue weighted by molar-refractivity contribution is 0.0691. The van der Waals surface area contributed by atoms with Gasteiger partial charge in [0.2, 0.25) is 10.0 Å². The van der Waals surface area contributed by atoms with Gasteiger partial charge in [-0.2, -0.15) is 0 Å². The molecule has 7 nitrogen and oxygen atoms in total. The highest BCUT2D eigenvalue weighted by molar-refractivity contribution is 7.92. The van der Waals surface area contributed by atoms with Gasteiger partial charge in [-0.3, -0.25) is 4.72 Å². The fourth-order valence-electron chi connectivity index (χ4n) is 1.32. The van der Waals surface area contributed by atoms with Crippen LogP contribution in [-0.4, -0.2) is 36.8 Å². The second kappa shape index (κ2) is 4.45. The van der Waals surface area contributed by atoms with E-state index in [2.05, 4.69) is 9.71 Å². The lowest BCUT2D eigenvalue weighted by atomic mass is 10.2. The zero-order valence-corrected chi connectivity index (χ0v) is 10.4. The average Bonchev–Trinajstić information content (AvgIpc) is 3.01. The predicted molar refractivity (Wildman–Crippen MR) is 63.3 cm³/mol. The number of aromatic nitrogens is 1. The molecule has 0 aliphatic heterocycles. The molecule has 1 heterocycles. The molecule has 2 N–H and O–H groups in total. The van der Waals surface area contributed by atoms with Crippen LogP contribution < -0.4 is 9.46 Å². The Labute approximate surface area is 104 Å². The van der Waals surface area contributed by atoms with Crippen LogP contribution in [0.5, 0.6) is 5.75 Å². The molecule has 1 fully saturated rings. The molecule has 0 amide bonds. The number of nitrogens with one attached hydrogen (secondary N) is 1. The monoisotopic (exact) mass is 272 g/mol. The van der Waals surface area contributed by atoms with Crippen molar-refractivity contribution in [3.8, 4) is 5.75 Å². The molecule has 0 radical (unpaired) electrons. The average molecular weight is 272 g/mol. The highest BCUT2D eigenvalue weighted by Gasteiger charge is 2.26. The molecule has 8 heteroatoms. The Morgan fingerprint density at radius 3 is 2.72 bits per heavy atom. The second-order valence-electron chi connectivity index (χ2n) is 4.06. The number of rotatable bonds is 5. The summed E-state index contributed by atoms with van der Waals surface area (Å²) in [6, 6.07) is 1.14. The summed E-state index contributed by atoms with van der Waals surface area (Å²) in [4.78, 5) is 14.9. The molecule has 0 atom stereocenters. The number of pyridine rings is 1. The van der Waals surface area contributed by atoms with E-state index in [1.807, 2.05) is 0 Å². The van der Waals surface area contributed by atoms with E-state index in [-0.39, 0.29) is 23.2 Å². The minimum absolute atomic E-state index is 0.0404. The molecule has 2 rings (SSSR count). The van der Waals surface area contributed by atoms with Crippen molar-refractivity contribution in [1.29, 1.82) is 0 Å². The molecule has 18 heavy (non-hydrogen) atoms. The zero-order chi connectivity index (χ0) is 13.3. The molecule has 1 saturated carbocycles. The Bertz CT molecular complexity index is 580. The van der Waals surface area contributed by atoms with Crippen molar-refractivity contribution in [3.05, 3.63) is 17.8 Å². The van der Waals surface area contributed by atoms with Crippen LogP contribution in [0.25, 0.3) is 0 Å². The second-order valence-corrected chi connectivity index (χ2v) is 5.81. The maximum Gasteiger partial charge on any atom is 0.339 e. The number of ether oxygens (including phenoxy) is 1. The molecule has 1 aromatic rings. The first-order valence-corrected chi connectivity index (χ1v) is 7.12. The Morgan fingerprint density at radius 1 is 1.56 bits per heavy atom. The van der Waals surface area contributed by atoms with Gasteiger partial charge in [0.1, 0.15) is 11.4 Å². The fraction of sp³-hybridized carbons (Fsp3) is 0.400. The number of sulfonamides is 1. The van der Waals surface area contributed by atoms with Gasteiger partial charge in [0.15, 0.2) is 5.75 Å². The Hall–Kier alpha value is -1.83. The van der Waals surface area contributed by atoms with Gasteiger partial charge in [-0.25, -0.2) is 18.2 Å². The molecule has 0 spiro atoms. The summed E-state index contributed by atoms with van der Waals surface area (Å²) in [5.74, 6) is -1.08. The normalized spacial score (nSPS) is 15.2. The van der Waals surface area contributed by atoms with Gasteiger partial charge in [-0.15, -0.1) is 0 Å². The van der Waals surface area contributed by atoms with E-state index >= 15 is 0 Å². The van der Waals surface area contributed by atoms with Crippen LogP contribution in [0.2, 0.25) is 0 Å². The fourth-order valence-corrected chi connectivity index (χ4v) is 1.81. The first-order chi connectivity index (χ1) is 8.35. The molecule has 1 aliphatic rings. The highest BCUT2D eigenvalue weighted by Crippen LogP contribution is 2.29. The van der Waals surface area contributed by atoms with Gasteiger partial charge in [0.25, 0.3) is 0 Å². The molecular weight excluding hydrogens is 260 g/mol. The van der Waals surface area contributed by atoms with Gasteiger partial charge in [-0.1, -0.05) is 0 Å². The summed E-state index contributed by atoms with van der Waals surface area (Å²) in [5.41, 5.74) is -0.108. The molecule has 0 bridgehead atoms. The quantitative estimate of drug-likeness (QED) is 0.817. The maximum absolute atomic E-state index is 11.1. The van der Waals surface area contributed by atoms with Crippen LogP contribution in [0.1, 0.15) is 23.2 Å². The summed E-state index contributed by atoms with van der Waals surface area (Å²) in [6.07, 6.45) is 4.00. The van der Waals surface area contributed by atoms with Crippen molar-refractivity contribution in [2.24, 2.45) is 0 Å². The van der Waals surface area contributed by atoms with Crippen LogP contribution in [0.4, 0.5) is 5.82 Å². The van der Waals surface area contributed by atoms with Gasteiger partial charge in [-0.05, 0) is 18.9 Å². The minimum atomic E-state index is -3.49. The molecule has 1 aromatic heterocycles. The van der Waals surface area contributed by atoms with Crippen molar-refractivity contribution in [3.63, 3.8) is 0 Å². The van der Waals surface area contributed by atoms with Crippen LogP contribution in [0.3, 0.4) is 0 Å². The van der Waals surface area contributed by atoms with Crippen LogP contribution in [0, 0.1) is 0 Å². The number of nitrogens with zero attached hydrogens (tertiary/aromatic N) is 1. The van der Waals surface area contributed by atoms with Crippen molar-refractivity contribution >= 4 is 21.8 Å². The van der Waals surface area contributed by atoms with Crippen molar-refractivity contribution < 1.29 is 23.1 Å². The van der Waals surface area contributed by atoms with Gasteiger partial charge in [0.05, 0.1) is 18.6 Å². The molecule has 0 unspecified atom stereocenters.